The van der Waals surface area contributed by atoms with Crippen molar-refractivity contribution < 1.29 is 22.0 Å². The molecule has 0 aliphatic heterocycles. The van der Waals surface area contributed by atoms with Crippen molar-refractivity contribution in [3.8, 4) is 0 Å². The lowest BCUT2D eigenvalue weighted by atomic mass is 10.2. The van der Waals surface area contributed by atoms with E-state index in [0.29, 0.717) is 11.8 Å². The number of benzene rings is 3. The second-order valence-corrected chi connectivity index (χ2v) is 7.26. The second-order valence-electron chi connectivity index (χ2n) is 5.57. The molecule has 0 atom stereocenters. The molecule has 0 bridgehead atoms. The molecule has 8 heteroatoms. The van der Waals surface area contributed by atoms with E-state index in [1.807, 2.05) is 0 Å². The molecule has 27 heavy (non-hydrogen) atoms. The molecular weight excluding hydrogens is 374 g/mol. The molecule has 0 fully saturated rings. The zero-order valence-electron chi connectivity index (χ0n) is 13.8. The van der Waals surface area contributed by atoms with E-state index in [9.17, 15) is 22.0 Å². The molecule has 0 unspecified atom stereocenters. The Kier molecular flexibility index (Phi) is 5.18. The highest BCUT2D eigenvalue weighted by Gasteiger charge is 2.16. The number of sulfonamides is 1. The molecule has 3 rings (SSSR count). The molecule has 3 aromatic rings. The second kappa shape index (κ2) is 7.55. The summed E-state index contributed by atoms with van der Waals surface area (Å²) in [6, 6.07) is 16.4. The van der Waals surface area contributed by atoms with Crippen LogP contribution in [0.4, 0.5) is 20.2 Å². The van der Waals surface area contributed by atoms with Gasteiger partial charge in [-0.1, -0.05) is 18.2 Å². The number of rotatable bonds is 5. The number of hydrogen-bond donors (Lipinski definition) is 2. The largest absolute Gasteiger partial charge is 0.322 e. The van der Waals surface area contributed by atoms with Gasteiger partial charge in [0, 0.05) is 17.4 Å². The monoisotopic (exact) mass is 388 g/mol. The zero-order valence-corrected chi connectivity index (χ0v) is 14.6. The van der Waals surface area contributed by atoms with E-state index < -0.39 is 27.6 Å². The maximum atomic E-state index is 13.6. The Morgan fingerprint density at radius 1 is 0.815 bits per heavy atom. The predicted molar refractivity (Wildman–Crippen MR) is 98.0 cm³/mol. The van der Waals surface area contributed by atoms with Crippen molar-refractivity contribution in [1.82, 2.24) is 0 Å². The summed E-state index contributed by atoms with van der Waals surface area (Å²) in [7, 11) is -3.79. The third-order valence-electron chi connectivity index (χ3n) is 3.62. The molecular formula is C19H14F2N2O3S. The minimum atomic E-state index is -3.79. The first kappa shape index (κ1) is 18.5. The molecule has 0 heterocycles. The molecule has 0 aromatic heterocycles. The predicted octanol–water partition coefficient (Wildman–Crippen LogP) is 4.02. The first-order chi connectivity index (χ1) is 12.8. The van der Waals surface area contributed by atoms with Crippen LogP contribution in [0.25, 0.3) is 0 Å². The van der Waals surface area contributed by atoms with E-state index in [-0.39, 0.29) is 16.1 Å². The molecule has 5 nitrogen and oxygen atoms in total. The van der Waals surface area contributed by atoms with Gasteiger partial charge in [-0.15, -0.1) is 0 Å². The van der Waals surface area contributed by atoms with Crippen LogP contribution in [0.15, 0.2) is 77.7 Å². The van der Waals surface area contributed by atoms with Crippen LogP contribution in [0.3, 0.4) is 0 Å². The molecule has 0 aliphatic carbocycles. The molecule has 0 radical (unpaired) electrons. The molecule has 2 N–H and O–H groups in total. The lowest BCUT2D eigenvalue weighted by Gasteiger charge is -2.10. The Balaban J connectivity index is 1.74. The van der Waals surface area contributed by atoms with E-state index in [0.717, 1.165) is 12.1 Å². The lowest BCUT2D eigenvalue weighted by Crippen LogP contribution is -2.15. The fraction of sp³-hybridized carbons (Fsp3) is 0. The minimum Gasteiger partial charge on any atom is -0.322 e. The van der Waals surface area contributed by atoms with Crippen LogP contribution < -0.4 is 10.0 Å². The van der Waals surface area contributed by atoms with Crippen LogP contribution in [0.5, 0.6) is 0 Å². The van der Waals surface area contributed by atoms with Crippen molar-refractivity contribution >= 4 is 27.3 Å². The number of amides is 1. The first-order valence-electron chi connectivity index (χ1n) is 7.79. The Morgan fingerprint density at radius 3 is 2.11 bits per heavy atom. The molecule has 0 saturated heterocycles. The third kappa shape index (κ3) is 4.48. The molecule has 1 amide bonds. The normalized spacial score (nSPS) is 11.0. The van der Waals surface area contributed by atoms with Crippen LogP contribution in [-0.4, -0.2) is 14.3 Å². The number of nitrogens with one attached hydrogen (secondary N) is 2. The highest BCUT2D eigenvalue weighted by molar-refractivity contribution is 7.92. The number of carbonyl (C=O) groups is 1. The Morgan fingerprint density at radius 2 is 1.48 bits per heavy atom. The van der Waals surface area contributed by atoms with Crippen molar-refractivity contribution in [2.75, 3.05) is 10.0 Å². The Labute approximate surface area is 154 Å². The molecule has 3 aromatic carbocycles. The summed E-state index contributed by atoms with van der Waals surface area (Å²) < 4.78 is 53.7. The number of anilines is 2. The van der Waals surface area contributed by atoms with Crippen LogP contribution >= 0.6 is 0 Å². The van der Waals surface area contributed by atoms with Crippen LogP contribution in [0, 0.1) is 11.6 Å². The number of para-hydroxylation sites is 1. The van der Waals surface area contributed by atoms with Crippen molar-refractivity contribution in [2.24, 2.45) is 0 Å². The molecule has 138 valence electrons. The average Bonchev–Trinajstić information content (AvgIpc) is 2.62. The summed E-state index contributed by atoms with van der Waals surface area (Å²) >= 11 is 0. The summed E-state index contributed by atoms with van der Waals surface area (Å²) in [5.41, 5.74) is 0.364. The van der Waals surface area contributed by atoms with Gasteiger partial charge in [-0.2, -0.15) is 0 Å². The van der Waals surface area contributed by atoms with Crippen molar-refractivity contribution in [3.05, 3.63) is 90.0 Å². The van der Waals surface area contributed by atoms with Gasteiger partial charge in [-0.25, -0.2) is 17.2 Å². The van der Waals surface area contributed by atoms with Crippen molar-refractivity contribution in [1.29, 1.82) is 0 Å². The molecule has 0 saturated carbocycles. The van der Waals surface area contributed by atoms with Gasteiger partial charge in [0.1, 0.15) is 11.6 Å². The highest BCUT2D eigenvalue weighted by Crippen LogP contribution is 2.19. The van der Waals surface area contributed by atoms with Crippen molar-refractivity contribution in [3.63, 3.8) is 0 Å². The fourth-order valence-electron chi connectivity index (χ4n) is 2.31. The third-order valence-corrected chi connectivity index (χ3v) is 5.02. The summed E-state index contributed by atoms with van der Waals surface area (Å²) in [6.07, 6.45) is 0. The summed E-state index contributed by atoms with van der Waals surface area (Å²) in [5.74, 6) is -2.55. The van der Waals surface area contributed by atoms with Crippen LogP contribution in [0.2, 0.25) is 0 Å². The van der Waals surface area contributed by atoms with E-state index >= 15 is 0 Å². The Hall–Kier alpha value is -3.26. The quantitative estimate of drug-likeness (QED) is 0.693. The van der Waals surface area contributed by atoms with Crippen LogP contribution in [0.1, 0.15) is 10.4 Å². The summed E-state index contributed by atoms with van der Waals surface area (Å²) in [6.45, 7) is 0. The van der Waals surface area contributed by atoms with Gasteiger partial charge in [0.05, 0.1) is 10.5 Å². The highest BCUT2D eigenvalue weighted by atomic mass is 32.2. The maximum absolute atomic E-state index is 13.6. The zero-order chi connectivity index (χ0) is 19.4. The number of hydrogen-bond acceptors (Lipinski definition) is 3. The number of carbonyl (C=O) groups excluding carboxylic acids is 1. The Bertz CT molecular complexity index is 1070. The maximum Gasteiger partial charge on any atom is 0.261 e. The van der Waals surface area contributed by atoms with Gasteiger partial charge in [-0.3, -0.25) is 9.52 Å². The van der Waals surface area contributed by atoms with Crippen molar-refractivity contribution in [2.45, 2.75) is 4.90 Å². The standard InChI is InChI=1S/C19H14F2N2O3S/c20-13-6-11-17(18(21)12-13)19(24)22-14-7-9-16(10-8-14)27(25,26)23-15-4-2-1-3-5-15/h1-12,23H,(H,22,24). The van der Waals surface area contributed by atoms with Gasteiger partial charge in [0.2, 0.25) is 0 Å². The van der Waals surface area contributed by atoms with Crippen LogP contribution in [-0.2, 0) is 10.0 Å². The SMILES string of the molecule is O=C(Nc1ccc(S(=O)(=O)Nc2ccccc2)cc1)c1ccc(F)cc1F. The summed E-state index contributed by atoms with van der Waals surface area (Å²) in [4.78, 5) is 12.1. The minimum absolute atomic E-state index is 0.00249. The first-order valence-corrected chi connectivity index (χ1v) is 9.28. The van der Waals surface area contributed by atoms with E-state index in [1.54, 1.807) is 30.3 Å². The molecule has 0 aliphatic rings. The van der Waals surface area contributed by atoms with Gasteiger partial charge in [0.25, 0.3) is 15.9 Å². The smallest absolute Gasteiger partial charge is 0.261 e. The number of halogens is 2. The van der Waals surface area contributed by atoms with E-state index in [4.69, 9.17) is 0 Å². The fourth-order valence-corrected chi connectivity index (χ4v) is 3.37. The summed E-state index contributed by atoms with van der Waals surface area (Å²) in [5, 5.41) is 2.43. The van der Waals surface area contributed by atoms with Gasteiger partial charge >= 0.3 is 0 Å². The van der Waals surface area contributed by atoms with Gasteiger partial charge in [0.15, 0.2) is 0 Å². The van der Waals surface area contributed by atoms with Gasteiger partial charge in [-0.05, 0) is 48.5 Å². The molecule has 0 spiro atoms. The van der Waals surface area contributed by atoms with E-state index in [1.165, 1.54) is 24.3 Å². The van der Waals surface area contributed by atoms with E-state index in [2.05, 4.69) is 10.0 Å². The topological polar surface area (TPSA) is 75.3 Å². The van der Waals surface area contributed by atoms with Gasteiger partial charge < -0.3 is 5.32 Å². The average molecular weight is 388 g/mol. The lowest BCUT2D eigenvalue weighted by molar-refractivity contribution is 0.102.